The maximum absolute atomic E-state index is 12.2. The molecule has 0 aromatic heterocycles. The zero-order chi connectivity index (χ0) is 18.6. The SMILES string of the molecule is NS(=O)(=O)c1ccc(C(=O)N[C@@H](Cc2ccc(Cl)cc2)C(=O)O)cc1. The van der Waals surface area contributed by atoms with Gasteiger partial charge in [0.25, 0.3) is 5.91 Å². The van der Waals surface area contributed by atoms with Crippen LogP contribution in [0.25, 0.3) is 0 Å². The summed E-state index contributed by atoms with van der Waals surface area (Å²) >= 11 is 5.78. The lowest BCUT2D eigenvalue weighted by molar-refractivity contribution is -0.139. The number of carboxylic acids is 1. The first kappa shape index (κ1) is 18.9. The Balaban J connectivity index is 2.12. The van der Waals surface area contributed by atoms with Crippen LogP contribution in [0.15, 0.2) is 53.4 Å². The molecule has 132 valence electrons. The molecule has 1 amide bonds. The number of hydrogen-bond donors (Lipinski definition) is 3. The van der Waals surface area contributed by atoms with Crippen LogP contribution in [0, 0.1) is 0 Å². The van der Waals surface area contributed by atoms with Gasteiger partial charge in [0.2, 0.25) is 10.0 Å². The molecule has 0 fully saturated rings. The molecule has 4 N–H and O–H groups in total. The van der Waals surface area contributed by atoms with Crippen molar-refractivity contribution in [2.75, 3.05) is 0 Å². The number of carboxylic acid groups (broad SMARTS) is 1. The Morgan fingerprint density at radius 2 is 1.64 bits per heavy atom. The standard InChI is InChI=1S/C16H15ClN2O5S/c17-12-5-1-10(2-6-12)9-14(16(21)22)19-15(20)11-3-7-13(8-4-11)25(18,23)24/h1-8,14H,9H2,(H,19,20)(H,21,22)(H2,18,23,24)/t14-/m0/s1. The molecular weight excluding hydrogens is 368 g/mol. The second-order valence-electron chi connectivity index (χ2n) is 5.26. The topological polar surface area (TPSA) is 127 Å². The molecule has 0 saturated heterocycles. The molecule has 9 heteroatoms. The smallest absolute Gasteiger partial charge is 0.326 e. The largest absolute Gasteiger partial charge is 0.480 e. The summed E-state index contributed by atoms with van der Waals surface area (Å²) in [6, 6.07) is 10.3. The number of nitrogens with one attached hydrogen (secondary N) is 1. The van der Waals surface area contributed by atoms with Gasteiger partial charge in [-0.2, -0.15) is 0 Å². The Morgan fingerprint density at radius 1 is 1.08 bits per heavy atom. The molecule has 0 radical (unpaired) electrons. The van der Waals surface area contributed by atoms with Gasteiger partial charge < -0.3 is 10.4 Å². The summed E-state index contributed by atoms with van der Waals surface area (Å²) < 4.78 is 22.4. The zero-order valence-corrected chi connectivity index (χ0v) is 14.4. The molecule has 0 spiro atoms. The molecule has 2 aromatic rings. The first-order valence-corrected chi connectivity index (χ1v) is 9.00. The zero-order valence-electron chi connectivity index (χ0n) is 12.8. The molecule has 2 rings (SSSR count). The summed E-state index contributed by atoms with van der Waals surface area (Å²) in [5.74, 6) is -1.83. The van der Waals surface area contributed by atoms with Crippen molar-refractivity contribution in [2.45, 2.75) is 17.4 Å². The van der Waals surface area contributed by atoms with Crippen molar-refractivity contribution in [1.29, 1.82) is 0 Å². The molecule has 1 atom stereocenters. The molecule has 2 aromatic carbocycles. The molecule has 0 heterocycles. The van der Waals surface area contributed by atoms with Crippen molar-refractivity contribution in [1.82, 2.24) is 5.32 Å². The van der Waals surface area contributed by atoms with Crippen LogP contribution in [0.5, 0.6) is 0 Å². The molecule has 7 nitrogen and oxygen atoms in total. The lowest BCUT2D eigenvalue weighted by Crippen LogP contribution is -2.42. The third kappa shape index (κ3) is 5.28. The number of amides is 1. The molecule has 25 heavy (non-hydrogen) atoms. The van der Waals surface area contributed by atoms with Gasteiger partial charge in [0.1, 0.15) is 6.04 Å². The van der Waals surface area contributed by atoms with Crippen molar-refractivity contribution in [2.24, 2.45) is 5.14 Å². The van der Waals surface area contributed by atoms with E-state index in [9.17, 15) is 23.1 Å². The van der Waals surface area contributed by atoms with E-state index in [4.69, 9.17) is 16.7 Å². The number of aliphatic carboxylic acids is 1. The van der Waals surface area contributed by atoms with Crippen LogP contribution in [0.1, 0.15) is 15.9 Å². The Labute approximate surface area is 149 Å². The Kier molecular flexibility index (Phi) is 5.78. The highest BCUT2D eigenvalue weighted by molar-refractivity contribution is 7.89. The monoisotopic (exact) mass is 382 g/mol. The minimum Gasteiger partial charge on any atom is -0.480 e. The number of sulfonamides is 1. The Morgan fingerprint density at radius 3 is 2.12 bits per heavy atom. The Bertz CT molecular complexity index is 880. The van der Waals surface area contributed by atoms with E-state index in [-0.39, 0.29) is 16.9 Å². The highest BCUT2D eigenvalue weighted by Crippen LogP contribution is 2.12. The fourth-order valence-electron chi connectivity index (χ4n) is 2.09. The number of rotatable bonds is 6. The third-order valence-corrected chi connectivity index (χ3v) is 4.58. The minimum absolute atomic E-state index is 0.0769. The first-order valence-electron chi connectivity index (χ1n) is 7.08. The second kappa shape index (κ2) is 7.64. The lowest BCUT2D eigenvalue weighted by Gasteiger charge is -2.15. The van der Waals surface area contributed by atoms with Crippen LogP contribution in [0.3, 0.4) is 0 Å². The molecule has 0 aliphatic heterocycles. The summed E-state index contributed by atoms with van der Waals surface area (Å²) in [5, 5.41) is 17.2. The number of primary sulfonamides is 1. The van der Waals surface area contributed by atoms with Crippen LogP contribution in [-0.2, 0) is 21.2 Å². The number of hydrogen-bond acceptors (Lipinski definition) is 4. The van der Waals surface area contributed by atoms with E-state index in [0.717, 1.165) is 0 Å². The Hall–Kier alpha value is -2.42. The maximum Gasteiger partial charge on any atom is 0.326 e. The van der Waals surface area contributed by atoms with Crippen molar-refractivity contribution >= 4 is 33.5 Å². The van der Waals surface area contributed by atoms with Crippen LogP contribution >= 0.6 is 11.6 Å². The molecule has 0 aliphatic rings. The fourth-order valence-corrected chi connectivity index (χ4v) is 2.74. The van der Waals surface area contributed by atoms with Gasteiger partial charge >= 0.3 is 5.97 Å². The quantitative estimate of drug-likeness (QED) is 0.696. The van der Waals surface area contributed by atoms with E-state index in [0.29, 0.717) is 10.6 Å². The summed E-state index contributed by atoms with van der Waals surface area (Å²) in [6.45, 7) is 0. The van der Waals surface area contributed by atoms with Crippen molar-refractivity contribution in [3.05, 3.63) is 64.7 Å². The number of halogens is 1. The van der Waals surface area contributed by atoms with Crippen LogP contribution in [-0.4, -0.2) is 31.4 Å². The van der Waals surface area contributed by atoms with Gasteiger partial charge in [-0.05, 0) is 42.0 Å². The van der Waals surface area contributed by atoms with E-state index in [1.807, 2.05) is 0 Å². The predicted octanol–water partition coefficient (Wildman–Crippen LogP) is 1.41. The number of nitrogens with two attached hydrogens (primary N) is 1. The normalized spacial score (nSPS) is 12.4. The minimum atomic E-state index is -3.86. The average molecular weight is 383 g/mol. The maximum atomic E-state index is 12.2. The first-order chi connectivity index (χ1) is 11.7. The summed E-state index contributed by atoms with van der Waals surface area (Å²) in [6.07, 6.45) is 0.0769. The molecule has 0 saturated carbocycles. The van der Waals surface area contributed by atoms with E-state index < -0.39 is 27.9 Å². The molecule has 0 unspecified atom stereocenters. The highest BCUT2D eigenvalue weighted by Gasteiger charge is 2.21. The third-order valence-electron chi connectivity index (χ3n) is 3.40. The molecule has 0 bridgehead atoms. The van der Waals surface area contributed by atoms with Crippen molar-refractivity contribution in [3.63, 3.8) is 0 Å². The summed E-state index contributed by atoms with van der Waals surface area (Å²) in [4.78, 5) is 23.4. The predicted molar refractivity (Wildman–Crippen MR) is 91.9 cm³/mol. The van der Waals surface area contributed by atoms with Gasteiger partial charge in [0.15, 0.2) is 0 Å². The number of benzene rings is 2. The van der Waals surface area contributed by atoms with Crippen LogP contribution in [0.2, 0.25) is 5.02 Å². The second-order valence-corrected chi connectivity index (χ2v) is 7.26. The van der Waals surface area contributed by atoms with Gasteiger partial charge in [-0.25, -0.2) is 18.4 Å². The van der Waals surface area contributed by atoms with Gasteiger partial charge in [0, 0.05) is 17.0 Å². The average Bonchev–Trinajstić information content (AvgIpc) is 2.55. The summed E-state index contributed by atoms with van der Waals surface area (Å²) in [7, 11) is -3.86. The lowest BCUT2D eigenvalue weighted by atomic mass is 10.1. The van der Waals surface area contributed by atoms with E-state index in [2.05, 4.69) is 5.32 Å². The van der Waals surface area contributed by atoms with E-state index in [1.165, 1.54) is 24.3 Å². The highest BCUT2D eigenvalue weighted by atomic mass is 35.5. The number of carbonyl (C=O) groups excluding carboxylic acids is 1. The fraction of sp³-hybridized carbons (Fsp3) is 0.125. The van der Waals surface area contributed by atoms with Gasteiger partial charge in [-0.1, -0.05) is 23.7 Å². The van der Waals surface area contributed by atoms with Gasteiger partial charge in [0.05, 0.1) is 4.90 Å². The van der Waals surface area contributed by atoms with Gasteiger partial charge in [-0.15, -0.1) is 0 Å². The molecule has 0 aliphatic carbocycles. The molecular formula is C16H15ClN2O5S. The van der Waals surface area contributed by atoms with Crippen molar-refractivity contribution in [3.8, 4) is 0 Å². The number of carbonyl (C=O) groups is 2. The van der Waals surface area contributed by atoms with E-state index >= 15 is 0 Å². The summed E-state index contributed by atoms with van der Waals surface area (Å²) in [5.41, 5.74) is 0.816. The van der Waals surface area contributed by atoms with E-state index in [1.54, 1.807) is 24.3 Å². The van der Waals surface area contributed by atoms with Crippen LogP contribution < -0.4 is 10.5 Å². The van der Waals surface area contributed by atoms with Crippen LogP contribution in [0.4, 0.5) is 0 Å². The van der Waals surface area contributed by atoms with Gasteiger partial charge in [-0.3, -0.25) is 4.79 Å². The van der Waals surface area contributed by atoms with Crippen molar-refractivity contribution < 1.29 is 23.1 Å².